The van der Waals surface area contributed by atoms with Crippen LogP contribution < -0.4 is 4.74 Å². The van der Waals surface area contributed by atoms with Crippen LogP contribution in [-0.2, 0) is 4.79 Å². The molecule has 2 nitrogen and oxygen atoms in total. The first-order valence-electron chi connectivity index (χ1n) is 11.3. The average molecular weight is 427 g/mol. The predicted molar refractivity (Wildman–Crippen MR) is 111 cm³/mol. The summed E-state index contributed by atoms with van der Waals surface area (Å²) in [5.41, 5.74) is 0. The lowest BCUT2D eigenvalue weighted by molar-refractivity contribution is -0.140. The molecule has 2 fully saturated rings. The van der Waals surface area contributed by atoms with Crippen LogP contribution in [0.15, 0.2) is 12.1 Å². The molecule has 162 valence electrons. The van der Waals surface area contributed by atoms with Gasteiger partial charge in [-0.25, -0.2) is 13.2 Å². The summed E-state index contributed by atoms with van der Waals surface area (Å²) in [5.74, 6) is -3.68. The van der Waals surface area contributed by atoms with Gasteiger partial charge in [-0.1, -0.05) is 57.2 Å². The molecule has 3 rings (SSSR count). The van der Waals surface area contributed by atoms with E-state index in [4.69, 9.17) is 4.74 Å². The fourth-order valence-electron chi connectivity index (χ4n) is 5.25. The van der Waals surface area contributed by atoms with Gasteiger partial charge in [-0.3, -0.25) is 4.79 Å². The maximum absolute atomic E-state index is 13.3. The van der Waals surface area contributed by atoms with Crippen LogP contribution in [0.25, 0.3) is 0 Å². The van der Waals surface area contributed by atoms with Crippen LogP contribution in [0.4, 0.5) is 13.2 Å². The first kappa shape index (κ1) is 22.4. The topological polar surface area (TPSA) is 26.3 Å². The molecule has 0 radical (unpaired) electrons. The summed E-state index contributed by atoms with van der Waals surface area (Å²) in [6, 6.07) is 5.94. The normalized spacial score (nSPS) is 27.6. The fourth-order valence-corrected chi connectivity index (χ4v) is 8.78. The van der Waals surface area contributed by atoms with E-state index in [0.717, 1.165) is 43.7 Å². The number of hydrogen-bond donors (Lipinski definition) is 0. The molecule has 0 atom stereocenters. The summed E-state index contributed by atoms with van der Waals surface area (Å²) in [5, 5.41) is 0. The van der Waals surface area contributed by atoms with E-state index in [1.807, 2.05) is 0 Å². The van der Waals surface area contributed by atoms with Gasteiger partial charge in [0.1, 0.15) is 5.75 Å². The van der Waals surface area contributed by atoms with E-state index in [-0.39, 0.29) is 11.7 Å². The summed E-state index contributed by atoms with van der Waals surface area (Å²) in [6.45, 7) is 2.26. The second kappa shape index (κ2) is 10.6. The Labute approximate surface area is 173 Å². The van der Waals surface area contributed by atoms with Crippen molar-refractivity contribution in [3.63, 3.8) is 0 Å². The maximum Gasteiger partial charge on any atom is 0.314 e. The number of benzene rings is 1. The van der Waals surface area contributed by atoms with Crippen LogP contribution in [-0.4, -0.2) is 14.8 Å². The molecule has 1 saturated heterocycles. The van der Waals surface area contributed by atoms with Gasteiger partial charge < -0.3 is 4.74 Å². The van der Waals surface area contributed by atoms with Crippen molar-refractivity contribution in [1.82, 2.24) is 0 Å². The molecule has 0 aromatic heterocycles. The highest BCUT2D eigenvalue weighted by Gasteiger charge is 2.34. The van der Waals surface area contributed by atoms with Gasteiger partial charge in [0.15, 0.2) is 17.5 Å². The van der Waals surface area contributed by atoms with Gasteiger partial charge in [0.2, 0.25) is 0 Å². The van der Waals surface area contributed by atoms with E-state index in [0.29, 0.717) is 5.92 Å². The molecule has 1 aromatic rings. The van der Waals surface area contributed by atoms with Gasteiger partial charge >= 0.3 is 5.97 Å². The first-order valence-corrected chi connectivity index (χ1v) is 13.8. The fraction of sp³-hybridized carbons (Fsp3) is 0.696. The zero-order chi connectivity index (χ0) is 20.8. The third-order valence-corrected chi connectivity index (χ3v) is 10.6. The standard InChI is InChI=1S/C23H33F3O2Si/c1-2-3-4-11-29-12-9-17(10-13-29)16-5-7-18(8-6-16)23(27)28-19-14-20(24)22(26)21(25)15-19/h14-18,29H,2-13H2,1H3. The molecular weight excluding hydrogens is 393 g/mol. The van der Waals surface area contributed by atoms with Gasteiger partial charge in [0.05, 0.1) is 5.92 Å². The van der Waals surface area contributed by atoms with E-state index in [1.165, 1.54) is 50.2 Å². The Kier molecular flexibility index (Phi) is 8.22. The SMILES string of the molecule is CCCCC[SiH]1CCC(C2CCC(C(=O)Oc3cc(F)c(F)c(F)c3)CC2)CC1. The minimum absolute atomic E-state index is 0.234. The molecular formula is C23H33F3O2Si. The second-order valence-electron chi connectivity index (χ2n) is 9.01. The highest BCUT2D eigenvalue weighted by Crippen LogP contribution is 2.41. The van der Waals surface area contributed by atoms with Gasteiger partial charge in [-0.2, -0.15) is 0 Å². The molecule has 1 aliphatic carbocycles. The van der Waals surface area contributed by atoms with E-state index in [1.54, 1.807) is 0 Å². The highest BCUT2D eigenvalue weighted by atomic mass is 28.3. The number of esters is 1. The van der Waals surface area contributed by atoms with Gasteiger partial charge in [-0.15, -0.1) is 0 Å². The van der Waals surface area contributed by atoms with E-state index in [2.05, 4.69) is 6.92 Å². The molecule has 29 heavy (non-hydrogen) atoms. The molecule has 1 heterocycles. The zero-order valence-corrected chi connectivity index (χ0v) is 18.6. The van der Waals surface area contributed by atoms with E-state index < -0.39 is 32.2 Å². The molecule has 1 aromatic carbocycles. The largest absolute Gasteiger partial charge is 0.426 e. The van der Waals surface area contributed by atoms with Crippen molar-refractivity contribution in [3.8, 4) is 5.75 Å². The van der Waals surface area contributed by atoms with E-state index in [9.17, 15) is 18.0 Å². The number of carbonyl (C=O) groups is 1. The van der Waals surface area contributed by atoms with Crippen LogP contribution in [0.5, 0.6) is 5.75 Å². The van der Waals surface area contributed by atoms with Gasteiger partial charge in [0, 0.05) is 20.9 Å². The van der Waals surface area contributed by atoms with Gasteiger partial charge in [-0.05, 0) is 37.5 Å². The molecule has 0 N–H and O–H groups in total. The summed E-state index contributed by atoms with van der Waals surface area (Å²) < 4.78 is 44.8. The molecule has 1 saturated carbocycles. The lowest BCUT2D eigenvalue weighted by Gasteiger charge is -2.37. The lowest BCUT2D eigenvalue weighted by Crippen LogP contribution is -2.31. The van der Waals surface area contributed by atoms with Crippen LogP contribution in [0.1, 0.15) is 64.7 Å². The Hall–Kier alpha value is -1.30. The average Bonchev–Trinajstić information content (AvgIpc) is 2.73. The summed E-state index contributed by atoms with van der Waals surface area (Å²) in [4.78, 5) is 12.4. The van der Waals surface area contributed by atoms with Crippen molar-refractivity contribution in [3.05, 3.63) is 29.6 Å². The molecule has 2 aliphatic rings. The first-order chi connectivity index (χ1) is 14.0. The number of hydrogen-bond acceptors (Lipinski definition) is 2. The van der Waals surface area contributed by atoms with E-state index >= 15 is 0 Å². The second-order valence-corrected chi connectivity index (χ2v) is 12.5. The highest BCUT2D eigenvalue weighted by molar-refractivity contribution is 6.58. The third-order valence-electron chi connectivity index (χ3n) is 7.05. The van der Waals surface area contributed by atoms with Crippen molar-refractivity contribution in [1.29, 1.82) is 0 Å². The quantitative estimate of drug-likeness (QED) is 0.161. The predicted octanol–water partition coefficient (Wildman–Crippen LogP) is 6.64. The Bertz CT molecular complexity index is 658. The Balaban J connectivity index is 1.42. The Morgan fingerprint density at radius 1 is 0.966 bits per heavy atom. The monoisotopic (exact) mass is 426 g/mol. The summed E-state index contributed by atoms with van der Waals surface area (Å²) >= 11 is 0. The van der Waals surface area contributed by atoms with Crippen LogP contribution in [0.2, 0.25) is 18.1 Å². The molecule has 1 aliphatic heterocycles. The van der Waals surface area contributed by atoms with Gasteiger partial charge in [0.25, 0.3) is 0 Å². The molecule has 0 spiro atoms. The van der Waals surface area contributed by atoms with Crippen molar-refractivity contribution >= 4 is 14.8 Å². The number of rotatable bonds is 7. The van der Waals surface area contributed by atoms with Crippen molar-refractivity contribution < 1.29 is 22.7 Å². The molecule has 0 bridgehead atoms. The van der Waals surface area contributed by atoms with Crippen molar-refractivity contribution in [2.45, 2.75) is 82.8 Å². The molecule has 0 amide bonds. The number of ether oxygens (including phenoxy) is 1. The number of halogens is 3. The lowest BCUT2D eigenvalue weighted by atomic mass is 9.74. The van der Waals surface area contributed by atoms with Crippen LogP contribution in [0.3, 0.4) is 0 Å². The third kappa shape index (κ3) is 6.09. The minimum Gasteiger partial charge on any atom is -0.426 e. The Morgan fingerprint density at radius 2 is 1.55 bits per heavy atom. The zero-order valence-electron chi connectivity index (χ0n) is 17.4. The molecule has 6 heteroatoms. The van der Waals surface area contributed by atoms with Crippen LogP contribution in [0, 0.1) is 35.2 Å². The number of carbonyl (C=O) groups excluding carboxylic acids is 1. The molecule has 0 unspecified atom stereocenters. The Morgan fingerprint density at radius 3 is 2.14 bits per heavy atom. The number of unbranched alkanes of at least 4 members (excludes halogenated alkanes) is 2. The smallest absolute Gasteiger partial charge is 0.314 e. The van der Waals surface area contributed by atoms with Crippen molar-refractivity contribution in [2.24, 2.45) is 17.8 Å². The summed E-state index contributed by atoms with van der Waals surface area (Å²) in [6.07, 6.45) is 10.4. The van der Waals surface area contributed by atoms with Crippen molar-refractivity contribution in [2.75, 3.05) is 0 Å². The summed E-state index contributed by atoms with van der Waals surface area (Å²) in [7, 11) is -0.493. The van der Waals surface area contributed by atoms with Crippen LogP contribution >= 0.6 is 0 Å². The maximum atomic E-state index is 13.3. The minimum atomic E-state index is -1.55.